The second-order valence-electron chi connectivity index (χ2n) is 12.7. The third-order valence-corrected chi connectivity index (χ3v) is 8.71. The number of carbonyl (C=O) groups is 4. The second-order valence-corrected chi connectivity index (χ2v) is 13.6. The third-order valence-electron chi connectivity index (χ3n) is 8.19. The average molecular weight is 673 g/mol. The zero-order chi connectivity index (χ0) is 31.6. The Balaban J connectivity index is 1.44. The minimum absolute atomic E-state index is 0.0724. The smallest absolute Gasteiger partial charge is 0.408 e. The summed E-state index contributed by atoms with van der Waals surface area (Å²) in [5.74, 6) is -2.07. The maximum absolute atomic E-state index is 14.1. The number of ether oxygens (including phenoxy) is 1. The Bertz CT molecular complexity index is 1440. The van der Waals surface area contributed by atoms with Gasteiger partial charge in [0.25, 0.3) is 0 Å². The number of allylic oxidation sites excluding steroid dienone is 1. The van der Waals surface area contributed by atoms with Crippen molar-refractivity contribution in [3.63, 3.8) is 0 Å². The molecular weight excluding hydrogens is 634 g/mol. The summed E-state index contributed by atoms with van der Waals surface area (Å²) < 4.78 is 6.34. The maximum atomic E-state index is 14.1. The lowest BCUT2D eigenvalue weighted by Crippen LogP contribution is -2.56. The first-order valence-corrected chi connectivity index (χ1v) is 15.7. The van der Waals surface area contributed by atoms with Gasteiger partial charge in [-0.25, -0.2) is 9.59 Å². The number of hydrogen-bond donors (Lipinski definition) is 3. The van der Waals surface area contributed by atoms with Crippen LogP contribution in [0.2, 0.25) is 0 Å². The summed E-state index contributed by atoms with van der Waals surface area (Å²) in [5, 5.41) is 28.5. The summed E-state index contributed by atoms with van der Waals surface area (Å²) in [6.45, 7) is 5.28. The number of hydrogen-bond acceptors (Lipinski definition) is 8. The topological polar surface area (TPSA) is 169 Å². The molecule has 3 amide bonds. The van der Waals surface area contributed by atoms with Gasteiger partial charge in [-0.2, -0.15) is 4.80 Å². The van der Waals surface area contributed by atoms with Gasteiger partial charge in [0.05, 0.1) is 6.04 Å². The lowest BCUT2D eigenvalue weighted by Gasteiger charge is -2.30. The molecule has 3 N–H and O–H groups in total. The highest BCUT2D eigenvalue weighted by Crippen LogP contribution is 2.45. The highest BCUT2D eigenvalue weighted by Gasteiger charge is 2.61. The molecular formula is C30H38BrN7O6. The molecule has 5 atom stereocenters. The van der Waals surface area contributed by atoms with Crippen LogP contribution in [0.3, 0.4) is 0 Å². The van der Waals surface area contributed by atoms with Crippen molar-refractivity contribution < 1.29 is 29.0 Å². The molecule has 44 heavy (non-hydrogen) atoms. The van der Waals surface area contributed by atoms with E-state index in [1.54, 1.807) is 20.8 Å². The lowest BCUT2D eigenvalue weighted by atomic mass is 10.0. The van der Waals surface area contributed by atoms with E-state index in [1.165, 1.54) is 9.70 Å². The van der Waals surface area contributed by atoms with Crippen molar-refractivity contribution in [2.24, 2.45) is 5.92 Å². The number of tetrazole rings is 1. The highest BCUT2D eigenvalue weighted by atomic mass is 79.9. The number of nitrogens with zero attached hydrogens (tertiary/aromatic N) is 5. The number of carboxylic acid groups (broad SMARTS) is 1. The summed E-state index contributed by atoms with van der Waals surface area (Å²) in [6.07, 6.45) is 6.94. The molecule has 3 heterocycles. The number of carboxylic acids is 1. The highest BCUT2D eigenvalue weighted by molar-refractivity contribution is 9.10. The summed E-state index contributed by atoms with van der Waals surface area (Å²) >= 11 is 3.41. The summed E-state index contributed by atoms with van der Waals surface area (Å²) in [7, 11) is 0. The van der Waals surface area contributed by atoms with Gasteiger partial charge in [0.15, 0.2) is 0 Å². The first-order valence-electron chi connectivity index (χ1n) is 14.9. The van der Waals surface area contributed by atoms with Gasteiger partial charge in [0.1, 0.15) is 23.2 Å². The van der Waals surface area contributed by atoms with Gasteiger partial charge in [-0.3, -0.25) is 9.59 Å². The number of halogens is 1. The van der Waals surface area contributed by atoms with Crippen LogP contribution in [0.1, 0.15) is 71.8 Å². The minimum atomic E-state index is -1.42. The SMILES string of the molecule is CC(C)(C)OC(=O)N[C@@H]1CCCCC/C=C\[C@@H]2C[C@]2(C(=O)O)NC(=O)[C@@H]2C[C@H](n3nnc(-c4ccc(Br)cc4)n3)CN2C1=O. The van der Waals surface area contributed by atoms with Crippen LogP contribution in [-0.2, 0) is 19.1 Å². The molecule has 0 spiro atoms. The molecule has 0 radical (unpaired) electrons. The Hall–Kier alpha value is -3.81. The predicted octanol–water partition coefficient (Wildman–Crippen LogP) is 3.62. The molecule has 236 valence electrons. The molecule has 0 unspecified atom stereocenters. The fraction of sp³-hybridized carbons (Fsp3) is 0.567. The van der Waals surface area contributed by atoms with E-state index < -0.39 is 53.1 Å². The van der Waals surface area contributed by atoms with Crippen molar-refractivity contribution >= 4 is 39.8 Å². The number of benzene rings is 1. The number of aliphatic carboxylic acids is 1. The standard InChI is InChI=1S/C30H38BrN7O6/c1-29(2,3)44-28(43)32-22-10-8-6-4-5-7-9-19-16-30(19,27(41)42)33-25(39)23-15-21(17-37(23)26(22)40)38-35-24(34-36-38)18-11-13-20(31)14-12-18/h7,9,11-14,19,21-23H,4-6,8,10,15-17H2,1-3H3,(H,32,43)(H,33,39)(H,41,42)/b9-7-/t19-,21+,22-,23+,30+/m1/s1. The zero-order valence-electron chi connectivity index (χ0n) is 25.0. The number of fused-ring (bicyclic) bond motifs is 2. The van der Waals surface area contributed by atoms with Crippen LogP contribution in [0.4, 0.5) is 4.79 Å². The number of aromatic nitrogens is 4. The monoisotopic (exact) mass is 671 g/mol. The van der Waals surface area contributed by atoms with Crippen LogP contribution in [0, 0.1) is 5.92 Å². The minimum Gasteiger partial charge on any atom is -0.479 e. The van der Waals surface area contributed by atoms with Crippen LogP contribution in [0.15, 0.2) is 40.9 Å². The Morgan fingerprint density at radius 3 is 2.61 bits per heavy atom. The number of rotatable bonds is 4. The molecule has 1 saturated heterocycles. The number of nitrogens with one attached hydrogen (secondary N) is 2. The van der Waals surface area contributed by atoms with E-state index in [9.17, 15) is 24.3 Å². The lowest BCUT2D eigenvalue weighted by molar-refractivity contribution is -0.145. The van der Waals surface area contributed by atoms with E-state index >= 15 is 0 Å². The van der Waals surface area contributed by atoms with E-state index in [-0.39, 0.29) is 25.3 Å². The molecule has 5 rings (SSSR count). The van der Waals surface area contributed by atoms with Gasteiger partial charge in [-0.15, -0.1) is 10.2 Å². The van der Waals surface area contributed by atoms with E-state index in [2.05, 4.69) is 42.0 Å². The molecule has 2 aromatic rings. The van der Waals surface area contributed by atoms with Gasteiger partial charge in [-0.05, 0) is 75.9 Å². The average Bonchev–Trinajstić information content (AvgIpc) is 3.26. The van der Waals surface area contributed by atoms with Crippen LogP contribution in [0.25, 0.3) is 11.4 Å². The second kappa shape index (κ2) is 12.7. The van der Waals surface area contributed by atoms with Gasteiger partial charge < -0.3 is 25.4 Å². The molecule has 2 aliphatic heterocycles. The van der Waals surface area contributed by atoms with Crippen LogP contribution >= 0.6 is 15.9 Å². The van der Waals surface area contributed by atoms with Gasteiger partial charge in [0.2, 0.25) is 17.6 Å². The van der Waals surface area contributed by atoms with Crippen LogP contribution < -0.4 is 10.6 Å². The van der Waals surface area contributed by atoms with Crippen LogP contribution in [0.5, 0.6) is 0 Å². The predicted molar refractivity (Wildman–Crippen MR) is 162 cm³/mol. The van der Waals surface area contributed by atoms with Gasteiger partial charge >= 0.3 is 12.1 Å². The van der Waals surface area contributed by atoms with E-state index in [4.69, 9.17) is 4.74 Å². The van der Waals surface area contributed by atoms with Crippen molar-refractivity contribution in [2.75, 3.05) is 6.54 Å². The molecule has 1 saturated carbocycles. The Morgan fingerprint density at radius 2 is 1.91 bits per heavy atom. The van der Waals surface area contributed by atoms with Crippen molar-refractivity contribution in [1.82, 2.24) is 35.7 Å². The number of amides is 3. The number of alkyl carbamates (subject to hydrolysis) is 1. The fourth-order valence-corrected chi connectivity index (χ4v) is 6.05. The van der Waals surface area contributed by atoms with Crippen molar-refractivity contribution in [2.45, 2.75) is 95.0 Å². The summed E-state index contributed by atoms with van der Waals surface area (Å²) in [4.78, 5) is 55.8. The summed E-state index contributed by atoms with van der Waals surface area (Å²) in [6, 6.07) is 4.96. The molecule has 14 heteroatoms. The normalized spacial score (nSPS) is 28.5. The van der Waals surface area contributed by atoms with Gasteiger partial charge in [-0.1, -0.05) is 40.9 Å². The zero-order valence-corrected chi connectivity index (χ0v) is 26.6. The Kier molecular flexibility index (Phi) is 9.10. The van der Waals surface area contributed by atoms with E-state index in [0.717, 1.165) is 29.3 Å². The fourth-order valence-electron chi connectivity index (χ4n) is 5.79. The number of carbonyl (C=O) groups excluding carboxylic acids is 3. The molecule has 13 nitrogen and oxygen atoms in total. The molecule has 1 aliphatic carbocycles. The van der Waals surface area contributed by atoms with Crippen molar-refractivity contribution in [3.8, 4) is 11.4 Å². The molecule has 0 bridgehead atoms. The largest absolute Gasteiger partial charge is 0.479 e. The van der Waals surface area contributed by atoms with Crippen molar-refractivity contribution in [3.05, 3.63) is 40.9 Å². The molecule has 3 aliphatic rings. The summed E-state index contributed by atoms with van der Waals surface area (Å²) in [5.41, 5.74) is -1.44. The van der Waals surface area contributed by atoms with Crippen molar-refractivity contribution in [1.29, 1.82) is 0 Å². The quantitative estimate of drug-likeness (QED) is 0.411. The molecule has 1 aromatic heterocycles. The Labute approximate surface area is 263 Å². The van der Waals surface area contributed by atoms with Crippen LogP contribution in [-0.4, -0.2) is 83.9 Å². The molecule has 2 fully saturated rings. The van der Waals surface area contributed by atoms with Gasteiger partial charge in [0, 0.05) is 28.9 Å². The van der Waals surface area contributed by atoms with E-state index in [1.807, 2.05) is 36.4 Å². The first kappa shape index (κ1) is 31.6. The third kappa shape index (κ3) is 7.11. The first-order chi connectivity index (χ1) is 20.9. The molecule has 1 aromatic carbocycles. The Morgan fingerprint density at radius 1 is 1.16 bits per heavy atom. The van der Waals surface area contributed by atoms with E-state index in [0.29, 0.717) is 18.7 Å². The maximum Gasteiger partial charge on any atom is 0.408 e.